The van der Waals surface area contributed by atoms with Crippen LogP contribution in [0.3, 0.4) is 0 Å². The number of piperazine rings is 1. The summed E-state index contributed by atoms with van der Waals surface area (Å²) in [5.74, 6) is -2.36. The average Bonchev–Trinajstić information content (AvgIpc) is 3.65. The lowest BCUT2D eigenvalue weighted by Gasteiger charge is -2.45. The Kier molecular flexibility index (Phi) is 11.5. The van der Waals surface area contributed by atoms with Crippen molar-refractivity contribution in [3.05, 3.63) is 41.0 Å². The molecule has 0 radical (unpaired) electrons. The normalized spacial score (nSPS) is 20.6. The summed E-state index contributed by atoms with van der Waals surface area (Å²) in [7, 11) is 1.94. The van der Waals surface area contributed by atoms with Crippen molar-refractivity contribution in [2.24, 2.45) is 0 Å². The van der Waals surface area contributed by atoms with E-state index in [2.05, 4.69) is 20.2 Å². The van der Waals surface area contributed by atoms with E-state index in [0.29, 0.717) is 11.3 Å². The molecule has 318 valence electrons. The van der Waals surface area contributed by atoms with Crippen molar-refractivity contribution >= 4 is 55.3 Å². The number of amides is 2. The quantitative estimate of drug-likeness (QED) is 0.187. The van der Waals surface area contributed by atoms with Crippen LogP contribution in [0.4, 0.5) is 42.4 Å². The minimum absolute atomic E-state index is 0.0459. The third-order valence-corrected chi connectivity index (χ3v) is 11.6. The number of likely N-dealkylation sites (tertiary alicyclic amines) is 1. The Hall–Kier alpha value is -5.02. The van der Waals surface area contributed by atoms with Gasteiger partial charge in [-0.3, -0.25) is 10.2 Å². The molecule has 0 spiro atoms. The van der Waals surface area contributed by atoms with E-state index in [0.717, 1.165) is 37.6 Å². The van der Waals surface area contributed by atoms with Gasteiger partial charge in [0.05, 0.1) is 21.4 Å². The number of carbonyl (C=O) groups excluding carboxylic acids is 2. The van der Waals surface area contributed by atoms with Crippen LogP contribution in [-0.4, -0.2) is 94.1 Å². The lowest BCUT2D eigenvalue weighted by atomic mass is 9.92. The lowest BCUT2D eigenvalue weighted by Crippen LogP contribution is -2.59. The van der Waals surface area contributed by atoms with E-state index in [4.69, 9.17) is 14.2 Å². The van der Waals surface area contributed by atoms with Crippen molar-refractivity contribution in [2.75, 3.05) is 43.5 Å². The van der Waals surface area contributed by atoms with E-state index in [9.17, 15) is 14.9 Å². The number of hydrogen-bond acceptors (Lipinski definition) is 11. The number of aromatic nitrogens is 2. The first-order valence-corrected chi connectivity index (χ1v) is 20.0. The van der Waals surface area contributed by atoms with Crippen LogP contribution in [0.25, 0.3) is 32.1 Å². The third kappa shape index (κ3) is 8.82. The van der Waals surface area contributed by atoms with Gasteiger partial charge < -0.3 is 24.0 Å². The molecule has 2 fully saturated rings. The molecule has 2 unspecified atom stereocenters. The standard InChI is InChI=1S/C41H48F5N7O5S/c1-21-19-53(37(55)58-39(6,7)8)22(2)18-52(21)33-24-16-26(41(44,45)46)29(30(43)31(24)48-35(49-33)56-20-40(9)14-11-15-51(40)10)23-12-13-27(42)32-28(23)25(17-47)34(59-32)50-36(54)57-38(3,4)5/h12-13,16,21-22H,11,14-15,18-20H2,1-10H3,(H,50,54)/t21?,22?,40-/m0/s1. The van der Waals surface area contributed by atoms with Crippen LogP contribution in [0, 0.1) is 23.0 Å². The number of rotatable bonds is 6. The van der Waals surface area contributed by atoms with Crippen LogP contribution < -0.4 is 15.0 Å². The van der Waals surface area contributed by atoms with Crippen molar-refractivity contribution in [3.8, 4) is 23.2 Å². The number of benzene rings is 2. The van der Waals surface area contributed by atoms with Gasteiger partial charge in [-0.2, -0.15) is 28.4 Å². The summed E-state index contributed by atoms with van der Waals surface area (Å²) < 4.78 is 95.9. The number of halogens is 5. The molecule has 6 rings (SSSR count). The van der Waals surface area contributed by atoms with Crippen LogP contribution in [0.5, 0.6) is 6.01 Å². The largest absolute Gasteiger partial charge is 0.461 e. The van der Waals surface area contributed by atoms with Crippen LogP contribution >= 0.6 is 11.3 Å². The molecule has 2 aliphatic heterocycles. The molecule has 4 heterocycles. The topological polar surface area (TPSA) is 133 Å². The number of alkyl halides is 3. The highest BCUT2D eigenvalue weighted by Gasteiger charge is 2.41. The van der Waals surface area contributed by atoms with E-state index in [1.54, 1.807) is 60.3 Å². The number of nitriles is 1. The molecule has 2 aromatic heterocycles. The number of likely N-dealkylation sites (N-methyl/N-ethyl adjacent to an activating group) is 1. The number of hydrogen-bond donors (Lipinski definition) is 1. The summed E-state index contributed by atoms with van der Waals surface area (Å²) in [5, 5.41) is 11.9. The summed E-state index contributed by atoms with van der Waals surface area (Å²) in [6.45, 7) is 16.7. The van der Waals surface area contributed by atoms with Crippen LogP contribution in [0.2, 0.25) is 0 Å². The van der Waals surface area contributed by atoms with E-state index >= 15 is 22.0 Å². The molecule has 18 heteroatoms. The molecule has 2 aliphatic rings. The molecular weight excluding hydrogens is 798 g/mol. The predicted molar refractivity (Wildman–Crippen MR) is 215 cm³/mol. The summed E-state index contributed by atoms with van der Waals surface area (Å²) in [6.07, 6.45) is -5.04. The number of nitrogens with one attached hydrogen (secondary N) is 1. The van der Waals surface area contributed by atoms with E-state index in [-0.39, 0.29) is 57.6 Å². The minimum Gasteiger partial charge on any atom is -0.461 e. The van der Waals surface area contributed by atoms with E-state index < -0.39 is 81.0 Å². The molecular formula is C41H48F5N7O5S. The van der Waals surface area contributed by atoms with Gasteiger partial charge in [0.2, 0.25) is 0 Å². The number of ether oxygens (including phenoxy) is 3. The first-order valence-electron chi connectivity index (χ1n) is 19.2. The molecule has 2 aromatic carbocycles. The number of thiophene rings is 1. The fraction of sp³-hybridized carbons (Fsp3) is 0.537. The van der Waals surface area contributed by atoms with Gasteiger partial charge in [-0.05, 0) is 106 Å². The molecule has 0 bridgehead atoms. The van der Waals surface area contributed by atoms with Crippen LogP contribution in [0.15, 0.2) is 18.2 Å². The Morgan fingerprint density at radius 3 is 2.31 bits per heavy atom. The van der Waals surface area contributed by atoms with E-state index in [1.807, 2.05) is 20.0 Å². The van der Waals surface area contributed by atoms with Crippen molar-refractivity contribution in [1.82, 2.24) is 19.8 Å². The molecule has 0 saturated carbocycles. The van der Waals surface area contributed by atoms with Crippen LogP contribution in [-0.2, 0) is 15.7 Å². The summed E-state index contributed by atoms with van der Waals surface area (Å²) in [5.41, 5.74) is -5.91. The Balaban J connectivity index is 1.57. The summed E-state index contributed by atoms with van der Waals surface area (Å²) >= 11 is 0.602. The monoisotopic (exact) mass is 845 g/mol. The predicted octanol–water partition coefficient (Wildman–Crippen LogP) is 9.72. The Morgan fingerprint density at radius 1 is 1.03 bits per heavy atom. The van der Waals surface area contributed by atoms with Crippen molar-refractivity contribution in [1.29, 1.82) is 5.26 Å². The van der Waals surface area contributed by atoms with Crippen molar-refractivity contribution in [3.63, 3.8) is 0 Å². The van der Waals surface area contributed by atoms with Gasteiger partial charge in [0.25, 0.3) is 0 Å². The van der Waals surface area contributed by atoms with Crippen molar-refractivity contribution in [2.45, 2.75) is 110 Å². The van der Waals surface area contributed by atoms with Gasteiger partial charge in [0.15, 0.2) is 5.82 Å². The second kappa shape index (κ2) is 15.5. The zero-order valence-electron chi connectivity index (χ0n) is 34.7. The highest BCUT2D eigenvalue weighted by Crippen LogP contribution is 2.49. The number of fused-ring (bicyclic) bond motifs is 2. The fourth-order valence-electron chi connectivity index (χ4n) is 7.49. The van der Waals surface area contributed by atoms with Crippen molar-refractivity contribution < 1.29 is 45.8 Å². The smallest absolute Gasteiger partial charge is 0.417 e. The fourth-order valence-corrected chi connectivity index (χ4v) is 8.56. The minimum atomic E-state index is -5.19. The summed E-state index contributed by atoms with van der Waals surface area (Å²) in [4.78, 5) is 40.3. The molecule has 0 aliphatic carbocycles. The molecule has 3 atom stereocenters. The first kappa shape index (κ1) is 43.6. The zero-order chi connectivity index (χ0) is 43.6. The molecule has 1 N–H and O–H groups in total. The maximum atomic E-state index is 17.5. The maximum absolute atomic E-state index is 17.5. The number of carbonyl (C=O) groups is 2. The SMILES string of the molecule is CC1CN(c2nc(OC[C@]3(C)CCCN3C)nc3c(F)c(-c4ccc(F)c5sc(NC(=O)OC(C)(C)C)c(C#N)c45)c(C(F)(F)F)cc23)C(C)CN1C(=O)OC(C)(C)C. The average molecular weight is 846 g/mol. The second-order valence-corrected chi connectivity index (χ2v) is 18.5. The van der Waals surface area contributed by atoms with Gasteiger partial charge in [0.1, 0.15) is 46.0 Å². The lowest BCUT2D eigenvalue weighted by molar-refractivity contribution is -0.137. The molecule has 2 amide bonds. The van der Waals surface area contributed by atoms with Crippen LogP contribution in [0.1, 0.15) is 86.3 Å². The van der Waals surface area contributed by atoms with Gasteiger partial charge >= 0.3 is 24.4 Å². The zero-order valence-corrected chi connectivity index (χ0v) is 35.5. The van der Waals surface area contributed by atoms with Gasteiger partial charge in [-0.15, -0.1) is 11.3 Å². The van der Waals surface area contributed by atoms with Gasteiger partial charge in [0, 0.05) is 41.5 Å². The summed E-state index contributed by atoms with van der Waals surface area (Å²) in [6, 6.07) is 3.13. The maximum Gasteiger partial charge on any atom is 0.417 e. The van der Waals surface area contributed by atoms with Gasteiger partial charge in [-0.1, -0.05) is 6.07 Å². The number of nitrogens with zero attached hydrogens (tertiary/aromatic N) is 6. The van der Waals surface area contributed by atoms with Gasteiger partial charge in [-0.25, -0.2) is 18.4 Å². The Morgan fingerprint density at radius 2 is 1.71 bits per heavy atom. The number of anilines is 2. The second-order valence-electron chi connectivity index (χ2n) is 17.5. The molecule has 2 saturated heterocycles. The van der Waals surface area contributed by atoms with E-state index in [1.165, 1.54) is 4.90 Å². The first-order chi connectivity index (χ1) is 27.3. The molecule has 59 heavy (non-hydrogen) atoms. The molecule has 4 aromatic rings. The highest BCUT2D eigenvalue weighted by molar-refractivity contribution is 7.23. The third-order valence-electron chi connectivity index (χ3n) is 10.5. The molecule has 12 nitrogen and oxygen atoms in total. The Bertz CT molecular complexity index is 2350. The Labute approximate surface area is 343 Å². The highest BCUT2D eigenvalue weighted by atomic mass is 32.1.